The fourth-order valence-corrected chi connectivity index (χ4v) is 5.29. The van der Waals surface area contributed by atoms with Crippen molar-refractivity contribution in [2.75, 3.05) is 37.6 Å². The average molecular weight is 474 g/mol. The smallest absolute Gasteiger partial charge is 0.371 e. The lowest BCUT2D eigenvalue weighted by molar-refractivity contribution is -0.137. The number of aromatic nitrogens is 1. The van der Waals surface area contributed by atoms with Crippen molar-refractivity contribution in [2.24, 2.45) is 0 Å². The van der Waals surface area contributed by atoms with Crippen LogP contribution in [0.25, 0.3) is 0 Å². The Morgan fingerprint density at radius 3 is 2.44 bits per heavy atom. The van der Waals surface area contributed by atoms with E-state index in [0.29, 0.717) is 43.4 Å². The normalized spacial score (nSPS) is 21.6. The Balaban J connectivity index is 1.12. The number of para-hydroxylation sites is 1. The molecule has 1 N–H and O–H groups in total. The maximum atomic E-state index is 13.1. The molecule has 3 aliphatic rings. The zero-order valence-corrected chi connectivity index (χ0v) is 19.1. The lowest BCUT2D eigenvalue weighted by atomic mass is 10.0. The number of amides is 2. The number of nitrogens with zero attached hydrogens (tertiary/aromatic N) is 4. The van der Waals surface area contributed by atoms with Gasteiger partial charge in [-0.3, -0.25) is 4.98 Å². The number of piperidine rings is 1. The molecule has 0 saturated carbocycles. The first kappa shape index (κ1) is 23.0. The number of likely N-dealkylation sites (tertiary alicyclic amines) is 1. The van der Waals surface area contributed by atoms with E-state index in [4.69, 9.17) is 0 Å². The first-order chi connectivity index (χ1) is 16.4. The molecular weight excluding hydrogens is 443 g/mol. The van der Waals surface area contributed by atoms with Crippen LogP contribution in [0.1, 0.15) is 36.1 Å². The van der Waals surface area contributed by atoms with Gasteiger partial charge < -0.3 is 20.0 Å². The van der Waals surface area contributed by atoms with Crippen molar-refractivity contribution < 1.29 is 18.0 Å². The van der Waals surface area contributed by atoms with E-state index in [-0.39, 0.29) is 18.6 Å². The lowest BCUT2D eigenvalue weighted by Gasteiger charge is -2.35. The number of carbonyl (C=O) groups excluding carboxylic acids is 1. The quantitative estimate of drug-likeness (QED) is 0.735. The molecule has 2 aromatic rings. The van der Waals surface area contributed by atoms with Gasteiger partial charge in [-0.05, 0) is 43.0 Å². The third-order valence-electron chi connectivity index (χ3n) is 7.18. The minimum Gasteiger partial charge on any atom is -0.371 e. The van der Waals surface area contributed by atoms with Gasteiger partial charge in [-0.1, -0.05) is 18.2 Å². The molecular formula is C25H30F3N5O. The zero-order chi connectivity index (χ0) is 23.7. The van der Waals surface area contributed by atoms with E-state index in [0.717, 1.165) is 44.6 Å². The number of nitrogens with one attached hydrogen (secondary N) is 1. The highest BCUT2D eigenvalue weighted by atomic mass is 19.4. The van der Waals surface area contributed by atoms with Crippen LogP contribution in [-0.2, 0) is 19.1 Å². The van der Waals surface area contributed by atoms with Gasteiger partial charge in [-0.2, -0.15) is 13.2 Å². The molecule has 0 spiro atoms. The third-order valence-corrected chi connectivity index (χ3v) is 7.18. The number of hydrogen-bond donors (Lipinski definition) is 1. The highest BCUT2D eigenvalue weighted by Crippen LogP contribution is 2.31. The van der Waals surface area contributed by atoms with Crippen molar-refractivity contribution in [1.82, 2.24) is 20.1 Å². The Morgan fingerprint density at radius 2 is 1.71 bits per heavy atom. The lowest BCUT2D eigenvalue weighted by Crippen LogP contribution is -2.48. The Bertz CT molecular complexity index is 1010. The molecule has 3 aliphatic heterocycles. The maximum absolute atomic E-state index is 13.1. The van der Waals surface area contributed by atoms with Crippen LogP contribution in [0.15, 0.2) is 42.6 Å². The van der Waals surface area contributed by atoms with E-state index in [2.05, 4.69) is 39.5 Å². The van der Waals surface area contributed by atoms with Crippen LogP contribution in [0.4, 0.5) is 23.7 Å². The molecule has 182 valence electrons. The first-order valence-electron chi connectivity index (χ1n) is 12.0. The Hall–Kier alpha value is -2.81. The van der Waals surface area contributed by atoms with Gasteiger partial charge in [0.2, 0.25) is 0 Å². The Kier molecular flexibility index (Phi) is 6.38. The summed E-state index contributed by atoms with van der Waals surface area (Å²) >= 11 is 0. The molecule has 2 saturated heterocycles. The van der Waals surface area contributed by atoms with E-state index >= 15 is 0 Å². The molecule has 9 heteroatoms. The topological polar surface area (TPSA) is 51.7 Å². The van der Waals surface area contributed by atoms with Crippen LogP contribution in [0.3, 0.4) is 0 Å². The number of hydrogen-bond acceptors (Lipinski definition) is 4. The highest BCUT2D eigenvalue weighted by molar-refractivity contribution is 5.75. The molecule has 1 unspecified atom stereocenters. The molecule has 5 rings (SSSR count). The summed E-state index contributed by atoms with van der Waals surface area (Å²) in [5.41, 5.74) is 1.65. The van der Waals surface area contributed by atoms with Gasteiger partial charge in [0.15, 0.2) is 0 Å². The molecule has 1 aromatic heterocycles. The fraction of sp³-hybridized carbons (Fsp3) is 0.520. The van der Waals surface area contributed by atoms with Crippen molar-refractivity contribution in [3.8, 4) is 0 Å². The molecule has 1 atom stereocenters. The van der Waals surface area contributed by atoms with Crippen LogP contribution in [0.2, 0.25) is 0 Å². The van der Waals surface area contributed by atoms with Crippen molar-refractivity contribution in [1.29, 1.82) is 0 Å². The van der Waals surface area contributed by atoms with Gasteiger partial charge in [0, 0.05) is 75.4 Å². The number of anilines is 1. The number of halogens is 3. The number of alkyl halides is 3. The number of pyridine rings is 1. The van der Waals surface area contributed by atoms with Crippen molar-refractivity contribution in [3.63, 3.8) is 0 Å². The molecule has 2 fully saturated rings. The number of rotatable bonds is 3. The van der Waals surface area contributed by atoms with E-state index in [1.807, 2.05) is 11.0 Å². The second-order valence-electron chi connectivity index (χ2n) is 9.48. The van der Waals surface area contributed by atoms with E-state index in [9.17, 15) is 18.0 Å². The summed E-state index contributed by atoms with van der Waals surface area (Å²) in [6.07, 6.45) is -0.0338. The Morgan fingerprint density at radius 1 is 0.971 bits per heavy atom. The van der Waals surface area contributed by atoms with E-state index < -0.39 is 11.7 Å². The summed E-state index contributed by atoms with van der Waals surface area (Å²) in [6, 6.07) is 12.2. The fourth-order valence-electron chi connectivity index (χ4n) is 5.29. The first-order valence-corrected chi connectivity index (χ1v) is 12.0. The molecule has 0 radical (unpaired) electrons. The number of carbonyl (C=O) groups is 1. The molecule has 34 heavy (non-hydrogen) atoms. The number of urea groups is 1. The summed E-state index contributed by atoms with van der Waals surface area (Å²) in [5, 5.41) is 3.74. The largest absolute Gasteiger partial charge is 0.417 e. The minimum absolute atomic E-state index is 0.0914. The van der Waals surface area contributed by atoms with Crippen LogP contribution < -0.4 is 10.2 Å². The molecule has 4 heterocycles. The van der Waals surface area contributed by atoms with Gasteiger partial charge in [0.25, 0.3) is 0 Å². The van der Waals surface area contributed by atoms with Crippen molar-refractivity contribution in [2.45, 2.75) is 50.5 Å². The van der Waals surface area contributed by atoms with Crippen molar-refractivity contribution in [3.05, 3.63) is 59.4 Å². The summed E-state index contributed by atoms with van der Waals surface area (Å²) in [6.45, 7) is 4.00. The molecule has 0 aliphatic carbocycles. The molecule has 1 aromatic carbocycles. The van der Waals surface area contributed by atoms with Gasteiger partial charge in [0.05, 0.1) is 5.56 Å². The number of fused-ring (bicyclic) bond motifs is 1. The standard InChI is InChI=1S/C25H30F3N5O/c26-25(27,28)19-14-18-16-32(13-9-23(18)29-15-19)24(34)33-12-8-21(17-33)30-20-6-10-31(11-7-20)22-4-2-1-3-5-22/h1-5,14-15,20-21,30H,6-13,16-17H2. The second-order valence-corrected chi connectivity index (χ2v) is 9.48. The molecule has 0 bridgehead atoms. The van der Waals surface area contributed by atoms with Crippen LogP contribution in [0, 0.1) is 0 Å². The van der Waals surface area contributed by atoms with E-state index in [1.165, 1.54) is 5.69 Å². The highest BCUT2D eigenvalue weighted by Gasteiger charge is 2.35. The van der Waals surface area contributed by atoms with Crippen LogP contribution in [-0.4, -0.2) is 65.6 Å². The summed E-state index contributed by atoms with van der Waals surface area (Å²) in [4.78, 5) is 23.0. The average Bonchev–Trinajstić information content (AvgIpc) is 3.32. The van der Waals surface area contributed by atoms with Crippen LogP contribution in [0.5, 0.6) is 0 Å². The summed E-state index contributed by atoms with van der Waals surface area (Å²) < 4.78 is 39.2. The minimum atomic E-state index is -4.43. The summed E-state index contributed by atoms with van der Waals surface area (Å²) in [5.74, 6) is 0. The monoisotopic (exact) mass is 473 g/mol. The Labute approximate surface area is 197 Å². The predicted molar refractivity (Wildman–Crippen MR) is 124 cm³/mol. The molecule has 2 amide bonds. The van der Waals surface area contributed by atoms with Crippen LogP contribution >= 0.6 is 0 Å². The zero-order valence-electron chi connectivity index (χ0n) is 19.1. The summed E-state index contributed by atoms with van der Waals surface area (Å²) in [7, 11) is 0. The van der Waals surface area contributed by atoms with Gasteiger partial charge in [-0.25, -0.2) is 4.79 Å². The van der Waals surface area contributed by atoms with Gasteiger partial charge >= 0.3 is 12.2 Å². The SMILES string of the molecule is O=C(N1CCc2ncc(C(F)(F)F)cc2C1)N1CCC(NC2CCN(c3ccccc3)CC2)C1. The maximum Gasteiger partial charge on any atom is 0.417 e. The van der Waals surface area contributed by atoms with Gasteiger partial charge in [0.1, 0.15) is 0 Å². The third kappa shape index (κ3) is 4.99. The molecule has 6 nitrogen and oxygen atoms in total. The second kappa shape index (κ2) is 9.44. The van der Waals surface area contributed by atoms with E-state index in [1.54, 1.807) is 4.90 Å². The number of benzene rings is 1. The van der Waals surface area contributed by atoms with Crippen molar-refractivity contribution >= 4 is 11.7 Å². The predicted octanol–water partition coefficient (Wildman–Crippen LogP) is 3.91. The van der Waals surface area contributed by atoms with Gasteiger partial charge in [-0.15, -0.1) is 0 Å².